The topological polar surface area (TPSA) is 51.8 Å². The van der Waals surface area contributed by atoms with E-state index in [0.717, 1.165) is 5.69 Å². The lowest BCUT2D eigenvalue weighted by atomic mass is 10.3. The van der Waals surface area contributed by atoms with Crippen LogP contribution in [0, 0.1) is 5.41 Å². The molecule has 0 aliphatic heterocycles. The average molecular weight is 208 g/mol. The van der Waals surface area contributed by atoms with Crippen LogP contribution in [0.15, 0.2) is 40.7 Å². The van der Waals surface area contributed by atoms with Crippen LogP contribution >= 0.6 is 12.2 Å². The summed E-state index contributed by atoms with van der Waals surface area (Å²) in [6.07, 6.45) is 0. The highest BCUT2D eigenvalue weighted by atomic mass is 32.1. The van der Waals surface area contributed by atoms with Gasteiger partial charge in [0, 0.05) is 14.1 Å². The predicted molar refractivity (Wildman–Crippen MR) is 60.0 cm³/mol. The van der Waals surface area contributed by atoms with E-state index in [4.69, 9.17) is 5.41 Å². The first-order valence-corrected chi connectivity index (χ1v) is 4.29. The SMILES string of the molecule is CN(C)N=Nc1ccccc1.N=C=S. The van der Waals surface area contributed by atoms with Crippen molar-refractivity contribution in [3.8, 4) is 0 Å². The molecule has 1 rings (SSSR count). The highest BCUT2D eigenvalue weighted by Crippen LogP contribution is 2.09. The van der Waals surface area contributed by atoms with Crippen molar-refractivity contribution in [1.82, 2.24) is 5.01 Å². The number of nitrogens with one attached hydrogen (secondary N) is 1. The van der Waals surface area contributed by atoms with Crippen molar-refractivity contribution in [3.63, 3.8) is 0 Å². The predicted octanol–water partition coefficient (Wildman–Crippen LogP) is 2.91. The fourth-order valence-electron chi connectivity index (χ4n) is 0.636. The average Bonchev–Trinajstić information content (AvgIpc) is 2.18. The van der Waals surface area contributed by atoms with Crippen LogP contribution in [0.1, 0.15) is 0 Å². The van der Waals surface area contributed by atoms with Gasteiger partial charge in [0.2, 0.25) is 0 Å². The van der Waals surface area contributed by atoms with Crippen molar-refractivity contribution < 1.29 is 0 Å². The van der Waals surface area contributed by atoms with Crippen LogP contribution in [0.5, 0.6) is 0 Å². The van der Waals surface area contributed by atoms with E-state index >= 15 is 0 Å². The van der Waals surface area contributed by atoms with Crippen molar-refractivity contribution in [1.29, 1.82) is 5.41 Å². The third kappa shape index (κ3) is 7.09. The van der Waals surface area contributed by atoms with Gasteiger partial charge in [-0.25, -0.2) is 5.41 Å². The number of hydrogen-bond donors (Lipinski definition) is 1. The smallest absolute Gasteiger partial charge is 0.0874 e. The fraction of sp³-hybridized carbons (Fsp3) is 0.222. The standard InChI is InChI=1S/C8H11N3.CHNS/c1-11(2)10-9-8-6-4-3-5-7-8;2-1-3/h3-7H,1-2H3;2H. The number of thiocarbonyl (C=S) groups is 1. The molecule has 1 N–H and O–H groups in total. The lowest BCUT2D eigenvalue weighted by Gasteiger charge is -1.99. The summed E-state index contributed by atoms with van der Waals surface area (Å²) >= 11 is 3.81. The lowest BCUT2D eigenvalue weighted by molar-refractivity contribution is 0.408. The second kappa shape index (κ2) is 8.04. The van der Waals surface area contributed by atoms with Crippen LogP contribution in [-0.4, -0.2) is 24.3 Å². The molecule has 1 aromatic carbocycles. The summed E-state index contributed by atoms with van der Waals surface area (Å²) in [5, 5.41) is 16.8. The molecule has 0 fully saturated rings. The summed E-state index contributed by atoms with van der Waals surface area (Å²) in [7, 11) is 3.68. The molecule has 0 spiro atoms. The van der Waals surface area contributed by atoms with Gasteiger partial charge in [0.15, 0.2) is 0 Å². The van der Waals surface area contributed by atoms with Crippen molar-refractivity contribution in [2.45, 2.75) is 0 Å². The largest absolute Gasteiger partial charge is 0.285 e. The molecule has 0 aliphatic carbocycles. The Morgan fingerprint density at radius 2 is 1.79 bits per heavy atom. The van der Waals surface area contributed by atoms with Crippen molar-refractivity contribution in [3.05, 3.63) is 30.3 Å². The molecule has 0 bridgehead atoms. The van der Waals surface area contributed by atoms with E-state index in [0.29, 0.717) is 0 Å². The minimum absolute atomic E-state index is 0.876. The fourth-order valence-corrected chi connectivity index (χ4v) is 0.636. The zero-order chi connectivity index (χ0) is 10.8. The van der Waals surface area contributed by atoms with Gasteiger partial charge in [-0.1, -0.05) is 23.4 Å². The molecule has 0 saturated heterocycles. The van der Waals surface area contributed by atoms with Gasteiger partial charge in [0.05, 0.1) is 10.8 Å². The second-order valence-corrected chi connectivity index (χ2v) is 2.68. The molecule has 0 aliphatic rings. The maximum Gasteiger partial charge on any atom is 0.0874 e. The van der Waals surface area contributed by atoms with Gasteiger partial charge in [-0.05, 0) is 24.4 Å². The minimum atomic E-state index is 0.876. The van der Waals surface area contributed by atoms with Gasteiger partial charge in [-0.2, -0.15) is 0 Å². The highest BCUT2D eigenvalue weighted by Gasteiger charge is 1.83. The maximum atomic E-state index is 5.77. The first kappa shape index (κ1) is 12.4. The van der Waals surface area contributed by atoms with Gasteiger partial charge < -0.3 is 0 Å². The Kier molecular flexibility index (Phi) is 7.13. The molecular formula is C9H12N4S. The lowest BCUT2D eigenvalue weighted by Crippen LogP contribution is -1.98. The molecule has 0 aromatic heterocycles. The number of nitrogens with zero attached hydrogens (tertiary/aromatic N) is 3. The second-order valence-electron chi connectivity index (χ2n) is 2.47. The first-order chi connectivity index (χ1) is 6.70. The molecule has 0 atom stereocenters. The molecular weight excluding hydrogens is 196 g/mol. The molecule has 1 aromatic rings. The molecule has 74 valence electrons. The van der Waals surface area contributed by atoms with Crippen molar-refractivity contribution >= 4 is 23.1 Å². The summed E-state index contributed by atoms with van der Waals surface area (Å²) in [5.74, 6) is 0. The van der Waals surface area contributed by atoms with E-state index in [1.807, 2.05) is 44.4 Å². The van der Waals surface area contributed by atoms with E-state index in [-0.39, 0.29) is 0 Å². The number of rotatable bonds is 2. The van der Waals surface area contributed by atoms with Crippen LogP contribution < -0.4 is 0 Å². The number of hydrogen-bond acceptors (Lipinski definition) is 4. The Morgan fingerprint density at radius 1 is 1.29 bits per heavy atom. The van der Waals surface area contributed by atoms with E-state index in [1.54, 1.807) is 10.2 Å². The van der Waals surface area contributed by atoms with E-state index < -0.39 is 0 Å². The van der Waals surface area contributed by atoms with Crippen LogP contribution in [0.2, 0.25) is 0 Å². The minimum Gasteiger partial charge on any atom is -0.285 e. The monoisotopic (exact) mass is 208 g/mol. The third-order valence-corrected chi connectivity index (χ3v) is 1.10. The van der Waals surface area contributed by atoms with Crippen LogP contribution in [-0.2, 0) is 0 Å². The summed E-state index contributed by atoms with van der Waals surface area (Å²) in [5.41, 5.74) is 0.876. The Balaban J connectivity index is 0.000000500. The Hall–Kier alpha value is -1.58. The Bertz CT molecular complexity index is 302. The quantitative estimate of drug-likeness (QED) is 0.351. The van der Waals surface area contributed by atoms with Gasteiger partial charge in [0.25, 0.3) is 0 Å². The van der Waals surface area contributed by atoms with Gasteiger partial charge in [0.1, 0.15) is 0 Å². The zero-order valence-corrected chi connectivity index (χ0v) is 8.95. The van der Waals surface area contributed by atoms with E-state index in [2.05, 4.69) is 22.6 Å². The Morgan fingerprint density at radius 3 is 2.21 bits per heavy atom. The van der Waals surface area contributed by atoms with Gasteiger partial charge in [-0.15, -0.1) is 5.11 Å². The summed E-state index contributed by atoms with van der Waals surface area (Å²) in [6.45, 7) is 0. The van der Waals surface area contributed by atoms with Gasteiger partial charge in [-0.3, -0.25) is 5.01 Å². The van der Waals surface area contributed by atoms with Crippen LogP contribution in [0.4, 0.5) is 5.69 Å². The van der Waals surface area contributed by atoms with Crippen LogP contribution in [0.3, 0.4) is 0 Å². The molecule has 0 heterocycles. The molecule has 14 heavy (non-hydrogen) atoms. The highest BCUT2D eigenvalue weighted by molar-refractivity contribution is 7.78. The molecule has 0 saturated carbocycles. The van der Waals surface area contributed by atoms with Crippen molar-refractivity contribution in [2.24, 2.45) is 10.3 Å². The van der Waals surface area contributed by atoms with Gasteiger partial charge >= 0.3 is 0 Å². The van der Waals surface area contributed by atoms with E-state index in [9.17, 15) is 0 Å². The normalized spacial score (nSPS) is 8.71. The Labute approximate surface area is 88.8 Å². The molecule has 0 amide bonds. The zero-order valence-electron chi connectivity index (χ0n) is 8.14. The number of isothiocyanates is 1. The number of benzene rings is 1. The van der Waals surface area contributed by atoms with Crippen molar-refractivity contribution in [2.75, 3.05) is 14.1 Å². The summed E-state index contributed by atoms with van der Waals surface area (Å²) in [4.78, 5) is 0. The molecule has 5 heteroatoms. The summed E-state index contributed by atoms with van der Waals surface area (Å²) in [6, 6.07) is 9.64. The molecule has 4 nitrogen and oxygen atoms in total. The first-order valence-electron chi connectivity index (χ1n) is 3.88. The van der Waals surface area contributed by atoms with E-state index in [1.165, 1.54) is 0 Å². The maximum absolute atomic E-state index is 5.77. The molecule has 0 unspecified atom stereocenters. The third-order valence-electron chi connectivity index (χ3n) is 1.10. The molecule has 0 radical (unpaired) electrons. The van der Waals surface area contributed by atoms with Crippen LogP contribution in [0.25, 0.3) is 0 Å². The summed E-state index contributed by atoms with van der Waals surface area (Å²) < 4.78 is 0.